The van der Waals surface area contributed by atoms with E-state index in [4.69, 9.17) is 0 Å². The summed E-state index contributed by atoms with van der Waals surface area (Å²) in [5, 5.41) is 0. The average molecular weight is 309 g/mol. The summed E-state index contributed by atoms with van der Waals surface area (Å²) in [5.74, 6) is -0.0897. The molecule has 0 fully saturated rings. The third-order valence-electron chi connectivity index (χ3n) is 3.96. The van der Waals surface area contributed by atoms with Gasteiger partial charge in [-0.1, -0.05) is 51.9 Å². The summed E-state index contributed by atoms with van der Waals surface area (Å²) in [6.07, 6.45) is 17.6. The van der Waals surface area contributed by atoms with Crippen LogP contribution in [-0.2, 0) is 9.53 Å². The van der Waals surface area contributed by atoms with Gasteiger partial charge in [-0.2, -0.15) is 0 Å². The van der Waals surface area contributed by atoms with Gasteiger partial charge in [0.05, 0.1) is 7.11 Å². The van der Waals surface area contributed by atoms with E-state index in [0.717, 1.165) is 19.3 Å². The number of unbranched alkanes of at least 4 members (excludes halogenated alkanes) is 9. The molecule has 128 valence electrons. The fourth-order valence-electron chi connectivity index (χ4n) is 2.46. The van der Waals surface area contributed by atoms with Crippen LogP contribution >= 0.6 is 0 Å². The summed E-state index contributed by atoms with van der Waals surface area (Å²) in [6, 6.07) is 0. The Hall–Kier alpha value is -1.01. The summed E-state index contributed by atoms with van der Waals surface area (Å²) in [5.41, 5.74) is 4.81. The second-order valence-corrected chi connectivity index (χ2v) is 6.18. The minimum Gasteiger partial charge on any atom is -0.469 e. The normalized spacial score (nSPS) is 10.1. The Morgan fingerprint density at radius 2 is 1.50 bits per heavy atom. The highest BCUT2D eigenvalue weighted by Gasteiger charge is 1.98. The monoisotopic (exact) mass is 308 g/mol. The molecule has 0 unspecified atom stereocenters. The number of esters is 1. The van der Waals surface area contributed by atoms with Crippen molar-refractivity contribution in [2.75, 3.05) is 7.11 Å². The van der Waals surface area contributed by atoms with Gasteiger partial charge in [0.15, 0.2) is 0 Å². The van der Waals surface area contributed by atoms with Gasteiger partial charge >= 0.3 is 5.97 Å². The summed E-state index contributed by atoms with van der Waals surface area (Å²) in [7, 11) is 1.45. The largest absolute Gasteiger partial charge is 0.469 e. The van der Waals surface area contributed by atoms with E-state index in [1.807, 2.05) is 0 Å². The maximum atomic E-state index is 10.9. The van der Waals surface area contributed by atoms with Crippen LogP contribution in [0, 0.1) is 0 Å². The van der Waals surface area contributed by atoms with Crippen LogP contribution in [0.2, 0.25) is 0 Å². The maximum absolute atomic E-state index is 10.9. The van der Waals surface area contributed by atoms with E-state index in [1.54, 1.807) is 0 Å². The molecule has 22 heavy (non-hydrogen) atoms. The fraction of sp³-hybridized carbons (Fsp3) is 0.800. The number of rotatable bonds is 14. The van der Waals surface area contributed by atoms with Gasteiger partial charge in [-0.05, 0) is 50.7 Å². The van der Waals surface area contributed by atoms with Crippen molar-refractivity contribution in [1.29, 1.82) is 0 Å². The predicted molar refractivity (Wildman–Crippen MR) is 95.0 cm³/mol. The second kappa shape index (κ2) is 16.4. The topological polar surface area (TPSA) is 26.3 Å². The first-order valence-electron chi connectivity index (χ1n) is 9.18. The lowest BCUT2D eigenvalue weighted by molar-refractivity contribution is -0.140. The first kappa shape index (κ1) is 21.0. The highest BCUT2D eigenvalue weighted by Crippen LogP contribution is 2.11. The number of allylic oxidation sites excluding steroid dienone is 1. The molecular weight excluding hydrogens is 272 g/mol. The van der Waals surface area contributed by atoms with E-state index in [1.165, 1.54) is 70.5 Å². The molecule has 0 heterocycles. The van der Waals surface area contributed by atoms with Gasteiger partial charge < -0.3 is 4.74 Å². The first-order valence-corrected chi connectivity index (χ1v) is 9.18. The SMILES string of the molecule is CCCCCCCCC(C)=C=CCCCCCCC(=O)OC. The highest BCUT2D eigenvalue weighted by molar-refractivity contribution is 5.68. The van der Waals surface area contributed by atoms with E-state index in [9.17, 15) is 4.79 Å². The highest BCUT2D eigenvalue weighted by atomic mass is 16.5. The quantitative estimate of drug-likeness (QED) is 0.212. The van der Waals surface area contributed by atoms with Crippen molar-refractivity contribution < 1.29 is 9.53 Å². The molecule has 0 aromatic carbocycles. The smallest absolute Gasteiger partial charge is 0.305 e. The Labute approximate surface area is 138 Å². The number of ether oxygens (including phenoxy) is 1. The fourth-order valence-corrected chi connectivity index (χ4v) is 2.46. The van der Waals surface area contributed by atoms with Crippen molar-refractivity contribution in [2.45, 2.75) is 97.3 Å². The van der Waals surface area contributed by atoms with Gasteiger partial charge in [-0.15, -0.1) is 5.73 Å². The molecule has 0 rings (SSSR count). The van der Waals surface area contributed by atoms with E-state index in [-0.39, 0.29) is 5.97 Å². The molecule has 0 saturated heterocycles. The van der Waals surface area contributed by atoms with Crippen molar-refractivity contribution >= 4 is 5.97 Å². The lowest BCUT2D eigenvalue weighted by Crippen LogP contribution is -1.98. The summed E-state index contributed by atoms with van der Waals surface area (Å²) in [4.78, 5) is 10.9. The molecule has 0 aliphatic carbocycles. The molecule has 0 spiro atoms. The van der Waals surface area contributed by atoms with Crippen LogP contribution < -0.4 is 0 Å². The van der Waals surface area contributed by atoms with Crippen molar-refractivity contribution in [3.63, 3.8) is 0 Å². The van der Waals surface area contributed by atoms with Crippen LogP contribution in [0.25, 0.3) is 0 Å². The van der Waals surface area contributed by atoms with Gasteiger partial charge in [0.2, 0.25) is 0 Å². The average Bonchev–Trinajstić information content (AvgIpc) is 2.52. The van der Waals surface area contributed by atoms with Crippen molar-refractivity contribution in [3.8, 4) is 0 Å². The molecule has 0 aliphatic rings. The molecule has 0 N–H and O–H groups in total. The predicted octanol–water partition coefficient (Wildman–Crippen LogP) is 6.35. The van der Waals surface area contributed by atoms with E-state index < -0.39 is 0 Å². The van der Waals surface area contributed by atoms with Crippen molar-refractivity contribution in [1.82, 2.24) is 0 Å². The van der Waals surface area contributed by atoms with Crippen molar-refractivity contribution in [3.05, 3.63) is 17.4 Å². The zero-order valence-corrected chi connectivity index (χ0v) is 15.1. The van der Waals surface area contributed by atoms with Crippen LogP contribution in [0.15, 0.2) is 17.4 Å². The van der Waals surface area contributed by atoms with Crippen LogP contribution in [-0.4, -0.2) is 13.1 Å². The lowest BCUT2D eigenvalue weighted by Gasteiger charge is -2.00. The van der Waals surface area contributed by atoms with Crippen molar-refractivity contribution in [2.24, 2.45) is 0 Å². The van der Waals surface area contributed by atoms with E-state index >= 15 is 0 Å². The van der Waals surface area contributed by atoms with Gasteiger partial charge in [0.25, 0.3) is 0 Å². The lowest BCUT2D eigenvalue weighted by atomic mass is 10.1. The Balaban J connectivity index is 3.46. The number of carbonyl (C=O) groups excluding carboxylic acids is 1. The standard InChI is InChI=1S/C20H36O2/c1-4-5-6-7-10-13-16-19(2)17-14-11-8-9-12-15-18-20(21)22-3/h14H,4-13,15-16,18H2,1-3H3. The van der Waals surface area contributed by atoms with Gasteiger partial charge in [0, 0.05) is 6.42 Å². The Morgan fingerprint density at radius 1 is 0.909 bits per heavy atom. The van der Waals surface area contributed by atoms with Crippen LogP contribution in [0.3, 0.4) is 0 Å². The number of hydrogen-bond acceptors (Lipinski definition) is 2. The molecule has 0 aromatic rings. The third-order valence-corrected chi connectivity index (χ3v) is 3.96. The van der Waals surface area contributed by atoms with Crippen LogP contribution in [0.4, 0.5) is 0 Å². The molecule has 0 amide bonds. The summed E-state index contributed by atoms with van der Waals surface area (Å²) < 4.78 is 4.62. The van der Waals surface area contributed by atoms with Gasteiger partial charge in [-0.3, -0.25) is 4.79 Å². The Bertz CT molecular complexity index is 325. The van der Waals surface area contributed by atoms with Gasteiger partial charge in [-0.25, -0.2) is 0 Å². The summed E-state index contributed by atoms with van der Waals surface area (Å²) >= 11 is 0. The third kappa shape index (κ3) is 15.4. The first-order chi connectivity index (χ1) is 10.7. The Kier molecular flexibility index (Phi) is 15.6. The summed E-state index contributed by atoms with van der Waals surface area (Å²) in [6.45, 7) is 4.45. The molecular formula is C20H36O2. The minimum atomic E-state index is -0.0897. The van der Waals surface area contributed by atoms with Crippen LogP contribution in [0.5, 0.6) is 0 Å². The Morgan fingerprint density at radius 3 is 2.18 bits per heavy atom. The molecule has 0 bridgehead atoms. The molecule has 0 atom stereocenters. The zero-order chi connectivity index (χ0) is 16.5. The van der Waals surface area contributed by atoms with E-state index in [2.05, 4.69) is 30.4 Å². The van der Waals surface area contributed by atoms with E-state index in [0.29, 0.717) is 6.42 Å². The molecule has 2 nitrogen and oxygen atoms in total. The maximum Gasteiger partial charge on any atom is 0.305 e. The molecule has 2 heteroatoms. The number of carbonyl (C=O) groups is 1. The molecule has 0 radical (unpaired) electrons. The zero-order valence-electron chi connectivity index (χ0n) is 15.1. The minimum absolute atomic E-state index is 0.0897. The molecule has 0 aromatic heterocycles. The number of hydrogen-bond donors (Lipinski definition) is 0. The van der Waals surface area contributed by atoms with Crippen LogP contribution in [0.1, 0.15) is 97.3 Å². The molecule has 0 aliphatic heterocycles. The second-order valence-electron chi connectivity index (χ2n) is 6.18. The molecule has 0 saturated carbocycles. The number of methoxy groups -OCH3 is 1. The van der Waals surface area contributed by atoms with Gasteiger partial charge in [0.1, 0.15) is 0 Å².